The van der Waals surface area contributed by atoms with Crippen molar-refractivity contribution in [2.45, 2.75) is 13.3 Å². The summed E-state index contributed by atoms with van der Waals surface area (Å²) in [4.78, 5) is 10.8. The number of carbonyl (C=O) groups is 1. The van der Waals surface area contributed by atoms with Crippen LogP contribution in [0.1, 0.15) is 11.1 Å². The van der Waals surface area contributed by atoms with E-state index in [1.165, 1.54) is 0 Å². The monoisotopic (exact) mass is 226 g/mol. The third-order valence-corrected chi connectivity index (χ3v) is 2.78. The number of carboxylic acids is 1. The second-order valence-corrected chi connectivity index (χ2v) is 4.20. The maximum Gasteiger partial charge on any atom is 0.310 e. The number of hydrogen-bond donors (Lipinski definition) is 1. The summed E-state index contributed by atoms with van der Waals surface area (Å²) in [5.74, 6) is -0.495. The number of aliphatic carboxylic acids is 1. The molecule has 0 fully saturated rings. The topological polar surface area (TPSA) is 46.5 Å². The summed E-state index contributed by atoms with van der Waals surface area (Å²) in [6, 6.07) is 3.60. The highest BCUT2D eigenvalue weighted by Gasteiger charge is 2.26. The Kier molecular flexibility index (Phi) is 2.57. The van der Waals surface area contributed by atoms with E-state index < -0.39 is 11.9 Å². The maximum absolute atomic E-state index is 10.8. The predicted octanol–water partition coefficient (Wildman–Crippen LogP) is 2.28. The quantitative estimate of drug-likeness (QED) is 0.799. The summed E-state index contributed by atoms with van der Waals surface area (Å²) in [6.45, 7) is 2.15. The van der Waals surface area contributed by atoms with E-state index in [0.29, 0.717) is 11.4 Å². The molecule has 1 aliphatic heterocycles. The van der Waals surface area contributed by atoms with Gasteiger partial charge in [-0.2, -0.15) is 0 Å². The number of benzene rings is 1. The van der Waals surface area contributed by atoms with Gasteiger partial charge in [0.1, 0.15) is 12.4 Å². The second kappa shape index (κ2) is 3.74. The van der Waals surface area contributed by atoms with Crippen LogP contribution in [0.2, 0.25) is 5.02 Å². The molecule has 4 heteroatoms. The van der Waals surface area contributed by atoms with Gasteiger partial charge in [0.15, 0.2) is 0 Å². The van der Waals surface area contributed by atoms with Gasteiger partial charge in [0, 0.05) is 5.02 Å². The summed E-state index contributed by atoms with van der Waals surface area (Å²) < 4.78 is 5.44. The highest BCUT2D eigenvalue weighted by molar-refractivity contribution is 6.30. The van der Waals surface area contributed by atoms with Crippen molar-refractivity contribution in [3.05, 3.63) is 28.3 Å². The Balaban J connectivity index is 2.37. The Bertz CT molecular complexity index is 415. The lowest BCUT2D eigenvalue weighted by atomic mass is 9.95. The highest BCUT2D eigenvalue weighted by Crippen LogP contribution is 2.33. The fourth-order valence-electron chi connectivity index (χ4n) is 1.82. The van der Waals surface area contributed by atoms with Gasteiger partial charge in [0.2, 0.25) is 0 Å². The summed E-state index contributed by atoms with van der Waals surface area (Å²) in [5.41, 5.74) is 1.85. The molecule has 3 nitrogen and oxygen atoms in total. The largest absolute Gasteiger partial charge is 0.492 e. The normalized spacial score (nSPS) is 19.2. The molecule has 1 N–H and O–H groups in total. The molecule has 0 aromatic heterocycles. The smallest absolute Gasteiger partial charge is 0.310 e. The van der Waals surface area contributed by atoms with Gasteiger partial charge in [-0.1, -0.05) is 11.6 Å². The third kappa shape index (κ3) is 1.92. The first-order valence-corrected chi connectivity index (χ1v) is 5.10. The first-order valence-electron chi connectivity index (χ1n) is 4.72. The van der Waals surface area contributed by atoms with E-state index in [-0.39, 0.29) is 6.61 Å². The Hall–Kier alpha value is -1.22. The van der Waals surface area contributed by atoms with E-state index in [1.54, 1.807) is 6.07 Å². The first-order chi connectivity index (χ1) is 7.08. The van der Waals surface area contributed by atoms with E-state index in [4.69, 9.17) is 21.4 Å². The van der Waals surface area contributed by atoms with Gasteiger partial charge >= 0.3 is 5.97 Å². The summed E-state index contributed by atoms with van der Waals surface area (Å²) in [5, 5.41) is 9.52. The van der Waals surface area contributed by atoms with Gasteiger partial charge in [-0.15, -0.1) is 0 Å². The van der Waals surface area contributed by atoms with Crippen molar-refractivity contribution < 1.29 is 14.6 Å². The number of aryl methyl sites for hydroxylation is 1. The Morgan fingerprint density at radius 3 is 3.00 bits per heavy atom. The molecule has 0 saturated carbocycles. The lowest BCUT2D eigenvalue weighted by molar-refractivity contribution is -0.143. The minimum atomic E-state index is -0.821. The highest BCUT2D eigenvalue weighted by atomic mass is 35.5. The zero-order chi connectivity index (χ0) is 11.0. The fraction of sp³-hybridized carbons (Fsp3) is 0.364. The van der Waals surface area contributed by atoms with Crippen molar-refractivity contribution in [3.63, 3.8) is 0 Å². The van der Waals surface area contributed by atoms with E-state index in [0.717, 1.165) is 16.9 Å². The molecule has 0 radical (unpaired) electrons. The molecule has 0 spiro atoms. The fourth-order valence-corrected chi connectivity index (χ4v) is 2.12. The van der Waals surface area contributed by atoms with Crippen LogP contribution in [-0.2, 0) is 11.2 Å². The molecular formula is C11H11ClO3. The van der Waals surface area contributed by atoms with Crippen molar-refractivity contribution >= 4 is 17.6 Å². The molecule has 0 unspecified atom stereocenters. The molecule has 1 aromatic carbocycles. The number of carboxylic acid groups (broad SMARTS) is 1. The van der Waals surface area contributed by atoms with Gasteiger partial charge in [-0.3, -0.25) is 4.79 Å². The van der Waals surface area contributed by atoms with Gasteiger partial charge in [-0.05, 0) is 36.6 Å². The average Bonchev–Trinajstić information content (AvgIpc) is 2.16. The molecule has 80 valence electrons. The first kappa shape index (κ1) is 10.3. The van der Waals surface area contributed by atoms with Crippen LogP contribution in [0.25, 0.3) is 0 Å². The number of hydrogen-bond acceptors (Lipinski definition) is 2. The van der Waals surface area contributed by atoms with Crippen molar-refractivity contribution in [1.82, 2.24) is 0 Å². The molecule has 0 saturated heterocycles. The van der Waals surface area contributed by atoms with Crippen LogP contribution in [0.5, 0.6) is 5.75 Å². The van der Waals surface area contributed by atoms with Crippen LogP contribution in [-0.4, -0.2) is 17.7 Å². The molecule has 1 heterocycles. The molecule has 1 aromatic rings. The lowest BCUT2D eigenvalue weighted by Gasteiger charge is -2.24. The van der Waals surface area contributed by atoms with Gasteiger partial charge < -0.3 is 9.84 Å². The molecule has 1 atom stereocenters. The standard InChI is InChI=1S/C11H11ClO3/c1-6-2-9(12)4-7-3-8(11(13)14)5-15-10(6)7/h2,4,8H,3,5H2,1H3,(H,13,14)/t8-/m1/s1. The zero-order valence-electron chi connectivity index (χ0n) is 8.29. The van der Waals surface area contributed by atoms with Crippen molar-refractivity contribution in [1.29, 1.82) is 0 Å². The zero-order valence-corrected chi connectivity index (χ0v) is 9.04. The lowest BCUT2D eigenvalue weighted by Crippen LogP contribution is -2.28. The summed E-state index contributed by atoms with van der Waals surface area (Å²) >= 11 is 5.91. The van der Waals surface area contributed by atoms with Crippen LogP contribution < -0.4 is 4.74 Å². The van der Waals surface area contributed by atoms with Crippen LogP contribution >= 0.6 is 11.6 Å². The Morgan fingerprint density at radius 2 is 2.33 bits per heavy atom. The average molecular weight is 227 g/mol. The predicted molar refractivity (Wildman–Crippen MR) is 56.5 cm³/mol. The maximum atomic E-state index is 10.8. The molecular weight excluding hydrogens is 216 g/mol. The van der Waals surface area contributed by atoms with Crippen LogP contribution in [0, 0.1) is 12.8 Å². The molecule has 0 amide bonds. The van der Waals surface area contributed by atoms with Gasteiger partial charge in [0.05, 0.1) is 5.92 Å². The number of halogens is 1. The minimum Gasteiger partial charge on any atom is -0.492 e. The van der Waals surface area contributed by atoms with Crippen molar-refractivity contribution in [2.24, 2.45) is 5.92 Å². The number of rotatable bonds is 1. The number of ether oxygens (including phenoxy) is 1. The van der Waals surface area contributed by atoms with E-state index in [2.05, 4.69) is 0 Å². The number of fused-ring (bicyclic) bond motifs is 1. The van der Waals surface area contributed by atoms with E-state index in [9.17, 15) is 4.79 Å². The SMILES string of the molecule is Cc1cc(Cl)cc2c1OC[C@H](C(=O)O)C2. The van der Waals surface area contributed by atoms with Crippen molar-refractivity contribution in [2.75, 3.05) is 6.61 Å². The minimum absolute atomic E-state index is 0.241. The van der Waals surface area contributed by atoms with Crippen LogP contribution in [0.4, 0.5) is 0 Å². The van der Waals surface area contributed by atoms with Crippen LogP contribution in [0.15, 0.2) is 12.1 Å². The Morgan fingerprint density at radius 1 is 1.60 bits per heavy atom. The molecule has 2 rings (SSSR count). The van der Waals surface area contributed by atoms with E-state index in [1.807, 2.05) is 13.0 Å². The Labute approximate surface area is 92.6 Å². The summed E-state index contributed by atoms with van der Waals surface area (Å²) in [6.07, 6.45) is 0.492. The van der Waals surface area contributed by atoms with Crippen molar-refractivity contribution in [3.8, 4) is 5.75 Å². The van der Waals surface area contributed by atoms with E-state index >= 15 is 0 Å². The third-order valence-electron chi connectivity index (χ3n) is 2.56. The molecule has 1 aliphatic rings. The second-order valence-electron chi connectivity index (χ2n) is 3.76. The molecule has 15 heavy (non-hydrogen) atoms. The molecule has 0 aliphatic carbocycles. The van der Waals surface area contributed by atoms with Crippen LogP contribution in [0.3, 0.4) is 0 Å². The van der Waals surface area contributed by atoms with Gasteiger partial charge in [0.25, 0.3) is 0 Å². The van der Waals surface area contributed by atoms with Gasteiger partial charge in [-0.25, -0.2) is 0 Å². The summed E-state index contributed by atoms with van der Waals surface area (Å²) in [7, 11) is 0. The molecule has 0 bridgehead atoms.